The highest BCUT2D eigenvalue weighted by Gasteiger charge is 2.60. The molecule has 1 amide bonds. The highest BCUT2D eigenvalue weighted by Crippen LogP contribution is 2.32. The van der Waals surface area contributed by atoms with E-state index in [-0.39, 0.29) is 13.1 Å². The summed E-state index contributed by atoms with van der Waals surface area (Å²) in [5.41, 5.74) is 0. The molecule has 0 aromatic rings. The normalized spacial score (nSPS) is 19.1. The topological polar surface area (TPSA) is 101 Å². The monoisotopic (exact) mass is 320 g/mol. The predicted octanol–water partition coefficient (Wildman–Crippen LogP) is -0.182. The highest BCUT2D eigenvalue weighted by atomic mass is 32.3. The Morgan fingerprint density at radius 3 is 2.00 bits per heavy atom. The Morgan fingerprint density at radius 2 is 1.58 bits per heavy atom. The lowest BCUT2D eigenvalue weighted by molar-refractivity contribution is -0.117. The van der Waals surface area contributed by atoms with Crippen LogP contribution in [-0.2, 0) is 24.8 Å². The van der Waals surface area contributed by atoms with E-state index in [4.69, 9.17) is 0 Å². The zero-order valence-electron chi connectivity index (χ0n) is 10.1. The van der Waals surface area contributed by atoms with Gasteiger partial charge < -0.3 is 0 Å². The van der Waals surface area contributed by atoms with Gasteiger partial charge in [0.25, 0.3) is 10.0 Å². The second-order valence-corrected chi connectivity index (χ2v) is 8.05. The van der Waals surface area contributed by atoms with E-state index in [2.05, 4.69) is 0 Å². The first-order valence-electron chi connectivity index (χ1n) is 5.43. The van der Waals surface area contributed by atoms with E-state index in [9.17, 15) is 30.4 Å². The van der Waals surface area contributed by atoms with Crippen LogP contribution in [0.3, 0.4) is 0 Å². The number of nitrogens with zero attached hydrogens (tertiary/aromatic N) is 1. The SMILES string of the molecule is CC(=O)NS(=O)(=O)C(F)(F)S(=O)(=O)N1CCCCC1. The van der Waals surface area contributed by atoms with Gasteiger partial charge in [0.05, 0.1) is 0 Å². The lowest BCUT2D eigenvalue weighted by Crippen LogP contribution is -2.53. The molecule has 1 aliphatic rings. The minimum absolute atomic E-state index is 0.159. The molecule has 0 spiro atoms. The van der Waals surface area contributed by atoms with Gasteiger partial charge in [0.15, 0.2) is 0 Å². The molecule has 11 heteroatoms. The molecule has 1 aliphatic heterocycles. The van der Waals surface area contributed by atoms with Crippen LogP contribution >= 0.6 is 0 Å². The molecular formula is C8H14F2N2O5S2. The van der Waals surface area contributed by atoms with Crippen LogP contribution in [0.4, 0.5) is 8.78 Å². The number of amides is 1. The molecule has 19 heavy (non-hydrogen) atoms. The minimum Gasteiger partial charge on any atom is -0.274 e. The number of halogens is 2. The van der Waals surface area contributed by atoms with Crippen LogP contribution in [0, 0.1) is 0 Å². The summed E-state index contributed by atoms with van der Waals surface area (Å²) >= 11 is 0. The predicted molar refractivity (Wildman–Crippen MR) is 62.0 cm³/mol. The molecule has 0 aliphatic carbocycles. The van der Waals surface area contributed by atoms with Gasteiger partial charge in [-0.2, -0.15) is 21.5 Å². The van der Waals surface area contributed by atoms with E-state index in [1.165, 1.54) is 0 Å². The highest BCUT2D eigenvalue weighted by molar-refractivity contribution is 8.08. The molecule has 0 aromatic heterocycles. The van der Waals surface area contributed by atoms with Gasteiger partial charge in [-0.05, 0) is 12.8 Å². The van der Waals surface area contributed by atoms with Crippen molar-refractivity contribution >= 4 is 26.0 Å². The van der Waals surface area contributed by atoms with Gasteiger partial charge in [-0.3, -0.25) is 4.79 Å². The van der Waals surface area contributed by atoms with Gasteiger partial charge in [0.2, 0.25) is 5.91 Å². The number of carbonyl (C=O) groups excluding carboxylic acids is 1. The van der Waals surface area contributed by atoms with Gasteiger partial charge in [-0.15, -0.1) is 0 Å². The minimum atomic E-state index is -5.63. The third-order valence-electron chi connectivity index (χ3n) is 2.55. The fraction of sp³-hybridized carbons (Fsp3) is 0.875. The summed E-state index contributed by atoms with van der Waals surface area (Å²) in [5, 5.41) is 0. The van der Waals surface area contributed by atoms with Crippen molar-refractivity contribution in [3.8, 4) is 0 Å². The van der Waals surface area contributed by atoms with Crippen molar-refractivity contribution in [1.29, 1.82) is 0 Å². The second kappa shape index (κ2) is 5.29. The molecule has 112 valence electrons. The largest absolute Gasteiger partial charge is 0.478 e. The summed E-state index contributed by atoms with van der Waals surface area (Å²) < 4.78 is 69.6. The fourth-order valence-electron chi connectivity index (χ4n) is 1.64. The number of nitrogens with one attached hydrogen (secondary N) is 1. The van der Waals surface area contributed by atoms with Crippen molar-refractivity contribution < 1.29 is 30.4 Å². The smallest absolute Gasteiger partial charge is 0.274 e. The Bertz CT molecular complexity index is 552. The van der Waals surface area contributed by atoms with Gasteiger partial charge >= 0.3 is 14.6 Å². The Morgan fingerprint density at radius 1 is 1.11 bits per heavy atom. The molecule has 0 atom stereocenters. The number of hydrogen-bond donors (Lipinski definition) is 1. The first kappa shape index (κ1) is 16.2. The Balaban J connectivity index is 3.13. The van der Waals surface area contributed by atoms with E-state index < -0.39 is 30.5 Å². The fourth-order valence-corrected chi connectivity index (χ4v) is 4.73. The molecule has 0 aromatic carbocycles. The van der Waals surface area contributed by atoms with Crippen molar-refractivity contribution in [1.82, 2.24) is 9.03 Å². The van der Waals surface area contributed by atoms with E-state index in [0.717, 1.165) is 4.72 Å². The van der Waals surface area contributed by atoms with Gasteiger partial charge in [-0.25, -0.2) is 13.1 Å². The number of rotatable bonds is 4. The second-order valence-electron chi connectivity index (χ2n) is 4.09. The molecule has 1 fully saturated rings. The maximum absolute atomic E-state index is 13.7. The number of hydrogen-bond acceptors (Lipinski definition) is 5. The van der Waals surface area contributed by atoms with Crippen LogP contribution in [0.15, 0.2) is 0 Å². The zero-order valence-corrected chi connectivity index (χ0v) is 11.7. The third-order valence-corrected chi connectivity index (χ3v) is 6.66. The van der Waals surface area contributed by atoms with Crippen molar-refractivity contribution in [2.24, 2.45) is 0 Å². The third kappa shape index (κ3) is 3.03. The van der Waals surface area contributed by atoms with Crippen LogP contribution in [-0.4, -0.2) is 44.7 Å². The molecule has 1 heterocycles. The first-order chi connectivity index (χ1) is 8.52. The average molecular weight is 320 g/mol. The zero-order chi connectivity index (χ0) is 14.9. The van der Waals surface area contributed by atoms with Crippen LogP contribution in [0.2, 0.25) is 0 Å². The first-order valence-corrected chi connectivity index (χ1v) is 8.35. The van der Waals surface area contributed by atoms with Crippen molar-refractivity contribution in [2.45, 2.75) is 30.8 Å². The van der Waals surface area contributed by atoms with Crippen LogP contribution in [0.25, 0.3) is 0 Å². The number of carbonyl (C=O) groups is 1. The van der Waals surface area contributed by atoms with E-state index in [1.807, 2.05) is 0 Å². The van der Waals surface area contributed by atoms with Gasteiger partial charge in [-0.1, -0.05) is 6.42 Å². The summed E-state index contributed by atoms with van der Waals surface area (Å²) in [6, 6.07) is 0. The van der Waals surface area contributed by atoms with Crippen molar-refractivity contribution in [3.63, 3.8) is 0 Å². The van der Waals surface area contributed by atoms with Crippen molar-refractivity contribution in [2.75, 3.05) is 13.1 Å². The summed E-state index contributed by atoms with van der Waals surface area (Å²) in [6.07, 6.45) is 1.46. The van der Waals surface area contributed by atoms with Gasteiger partial charge in [0.1, 0.15) is 0 Å². The van der Waals surface area contributed by atoms with E-state index >= 15 is 0 Å². The molecular weight excluding hydrogens is 306 g/mol. The lowest BCUT2D eigenvalue weighted by Gasteiger charge is -2.29. The van der Waals surface area contributed by atoms with Gasteiger partial charge in [0, 0.05) is 20.0 Å². The number of piperidine rings is 1. The maximum Gasteiger partial charge on any atom is 0.478 e. The number of sulfonamides is 2. The summed E-state index contributed by atoms with van der Waals surface area (Å²) in [7, 11) is -11.0. The molecule has 0 unspecified atom stereocenters. The summed E-state index contributed by atoms with van der Waals surface area (Å²) in [4.78, 5) is 10.6. The standard InChI is InChI=1S/C8H14F2N2O5S2/c1-7(13)11-18(14,15)8(9,10)19(16,17)12-5-3-2-4-6-12/h2-6H2,1H3,(H,11,13). The Hall–Kier alpha value is -0.810. The Kier molecular flexibility index (Phi) is 4.52. The molecule has 0 saturated carbocycles. The molecule has 1 rings (SSSR count). The Labute approximate surface area is 110 Å². The van der Waals surface area contributed by atoms with Crippen LogP contribution < -0.4 is 4.72 Å². The average Bonchev–Trinajstić information content (AvgIpc) is 2.28. The quantitative estimate of drug-likeness (QED) is 0.774. The molecule has 1 saturated heterocycles. The molecule has 7 nitrogen and oxygen atoms in total. The van der Waals surface area contributed by atoms with Crippen LogP contribution in [0.5, 0.6) is 0 Å². The molecule has 0 bridgehead atoms. The van der Waals surface area contributed by atoms with Crippen molar-refractivity contribution in [3.05, 3.63) is 0 Å². The molecule has 0 radical (unpaired) electrons. The summed E-state index contributed by atoms with van der Waals surface area (Å²) in [6.45, 7) is 0.377. The maximum atomic E-state index is 13.7. The summed E-state index contributed by atoms with van der Waals surface area (Å²) in [5.74, 6) is -1.28. The van der Waals surface area contributed by atoms with Crippen LogP contribution in [0.1, 0.15) is 26.2 Å². The van der Waals surface area contributed by atoms with E-state index in [0.29, 0.717) is 30.5 Å². The van der Waals surface area contributed by atoms with E-state index in [1.54, 1.807) is 0 Å². The number of alkyl halides is 2. The molecule has 1 N–H and O–H groups in total. The lowest BCUT2D eigenvalue weighted by atomic mass is 10.2.